The summed E-state index contributed by atoms with van der Waals surface area (Å²) in [6.07, 6.45) is 2.19. The van der Waals surface area contributed by atoms with E-state index in [4.69, 9.17) is 0 Å². The zero-order chi connectivity index (χ0) is 18.9. The quantitative estimate of drug-likeness (QED) is 0.817. The molecule has 0 bridgehead atoms. The molecule has 2 N–H and O–H groups in total. The van der Waals surface area contributed by atoms with Crippen LogP contribution in [0, 0.1) is 5.41 Å². The molecule has 0 radical (unpaired) electrons. The van der Waals surface area contributed by atoms with Gasteiger partial charge in [-0.25, -0.2) is 9.89 Å². The molecule has 2 amide bonds. The molecule has 0 aromatic carbocycles. The summed E-state index contributed by atoms with van der Waals surface area (Å²) in [6.45, 7) is 7.31. The fourth-order valence-corrected chi connectivity index (χ4v) is 4.71. The van der Waals surface area contributed by atoms with Crippen LogP contribution in [0.5, 0.6) is 0 Å². The third-order valence-corrected chi connectivity index (χ3v) is 5.82. The van der Waals surface area contributed by atoms with Crippen molar-refractivity contribution in [1.82, 2.24) is 25.0 Å². The number of aromatic nitrogens is 3. The SMILES string of the molecule is CC(C)(C)CC(=O)N1CSCC1C(=O)N1CCCC(c2n[nH]c(=O)[nH]2)C1. The van der Waals surface area contributed by atoms with Crippen molar-refractivity contribution < 1.29 is 9.59 Å². The molecule has 2 unspecified atom stereocenters. The first-order chi connectivity index (χ1) is 12.2. The molecule has 2 aliphatic rings. The van der Waals surface area contributed by atoms with E-state index in [0.717, 1.165) is 12.8 Å². The summed E-state index contributed by atoms with van der Waals surface area (Å²) < 4.78 is 0. The molecular weight excluding hydrogens is 354 g/mol. The maximum atomic E-state index is 13.1. The van der Waals surface area contributed by atoms with Gasteiger partial charge >= 0.3 is 5.69 Å². The lowest BCUT2D eigenvalue weighted by atomic mass is 9.91. The third kappa shape index (κ3) is 4.31. The maximum absolute atomic E-state index is 13.1. The molecular formula is C17H27N5O3S. The number of hydrogen-bond donors (Lipinski definition) is 2. The van der Waals surface area contributed by atoms with Crippen LogP contribution in [0.25, 0.3) is 0 Å². The van der Waals surface area contributed by atoms with Crippen molar-refractivity contribution in [1.29, 1.82) is 0 Å². The van der Waals surface area contributed by atoms with Crippen LogP contribution in [-0.4, -0.2) is 67.6 Å². The molecule has 0 saturated carbocycles. The van der Waals surface area contributed by atoms with Gasteiger partial charge in [0.1, 0.15) is 11.9 Å². The van der Waals surface area contributed by atoms with Gasteiger partial charge in [-0.2, -0.15) is 5.10 Å². The maximum Gasteiger partial charge on any atom is 0.340 e. The Morgan fingerprint density at radius 3 is 2.77 bits per heavy atom. The van der Waals surface area contributed by atoms with Gasteiger partial charge in [0, 0.05) is 31.2 Å². The zero-order valence-electron chi connectivity index (χ0n) is 15.6. The number of rotatable bonds is 3. The summed E-state index contributed by atoms with van der Waals surface area (Å²) in [5, 5.41) is 6.40. The summed E-state index contributed by atoms with van der Waals surface area (Å²) in [4.78, 5) is 43.3. The minimum absolute atomic E-state index is 0.0137. The number of thioether (sulfide) groups is 1. The number of aromatic amines is 2. The molecule has 26 heavy (non-hydrogen) atoms. The van der Waals surface area contributed by atoms with Crippen LogP contribution in [-0.2, 0) is 9.59 Å². The summed E-state index contributed by atoms with van der Waals surface area (Å²) in [5.41, 5.74) is -0.422. The van der Waals surface area contributed by atoms with Crippen molar-refractivity contribution in [2.45, 2.75) is 52.0 Å². The van der Waals surface area contributed by atoms with Gasteiger partial charge in [0.2, 0.25) is 11.8 Å². The number of hydrogen-bond acceptors (Lipinski definition) is 5. The second kappa shape index (κ2) is 7.46. The van der Waals surface area contributed by atoms with Crippen molar-refractivity contribution in [3.05, 3.63) is 16.3 Å². The Kier molecular flexibility index (Phi) is 5.45. The van der Waals surface area contributed by atoms with Crippen LogP contribution >= 0.6 is 11.8 Å². The van der Waals surface area contributed by atoms with E-state index in [0.29, 0.717) is 37.0 Å². The number of carbonyl (C=O) groups is 2. The van der Waals surface area contributed by atoms with Gasteiger partial charge in [-0.15, -0.1) is 11.8 Å². The number of H-pyrrole nitrogens is 2. The van der Waals surface area contributed by atoms with Crippen molar-refractivity contribution in [3.63, 3.8) is 0 Å². The van der Waals surface area contributed by atoms with Crippen molar-refractivity contribution in [2.24, 2.45) is 5.41 Å². The molecule has 8 nitrogen and oxygen atoms in total. The Hall–Kier alpha value is -1.77. The van der Waals surface area contributed by atoms with Crippen LogP contribution in [0.1, 0.15) is 51.8 Å². The molecule has 0 aliphatic carbocycles. The predicted octanol–water partition coefficient (Wildman–Crippen LogP) is 1.14. The molecule has 2 fully saturated rings. The Bertz CT molecular complexity index is 722. The molecule has 2 atom stereocenters. The topological polar surface area (TPSA) is 102 Å². The van der Waals surface area contributed by atoms with E-state index in [1.807, 2.05) is 25.7 Å². The Morgan fingerprint density at radius 1 is 1.35 bits per heavy atom. The summed E-state index contributed by atoms with van der Waals surface area (Å²) in [7, 11) is 0. The van der Waals surface area contributed by atoms with E-state index in [1.165, 1.54) is 0 Å². The number of nitrogens with zero attached hydrogens (tertiary/aromatic N) is 3. The van der Waals surface area contributed by atoms with Crippen LogP contribution in [0.4, 0.5) is 0 Å². The zero-order valence-corrected chi connectivity index (χ0v) is 16.4. The monoisotopic (exact) mass is 381 g/mol. The summed E-state index contributed by atoms with van der Waals surface area (Å²) in [5.74, 6) is 1.92. The number of carbonyl (C=O) groups excluding carboxylic acids is 2. The van der Waals surface area contributed by atoms with Crippen LogP contribution < -0.4 is 5.69 Å². The largest absolute Gasteiger partial charge is 0.340 e. The fourth-order valence-electron chi connectivity index (χ4n) is 3.54. The Balaban J connectivity index is 1.67. The van der Waals surface area contributed by atoms with Gasteiger partial charge in [-0.3, -0.25) is 14.6 Å². The molecule has 1 aromatic heterocycles. The van der Waals surface area contributed by atoms with Gasteiger partial charge in [-0.1, -0.05) is 20.8 Å². The molecule has 2 saturated heterocycles. The number of likely N-dealkylation sites (tertiary alicyclic amines) is 1. The highest BCUT2D eigenvalue weighted by molar-refractivity contribution is 7.99. The molecule has 0 spiro atoms. The normalized spacial score (nSPS) is 24.1. The highest BCUT2D eigenvalue weighted by atomic mass is 32.2. The molecule has 144 valence electrons. The summed E-state index contributed by atoms with van der Waals surface area (Å²) >= 11 is 1.63. The molecule has 3 rings (SSSR count). The van der Waals surface area contributed by atoms with Crippen molar-refractivity contribution >= 4 is 23.6 Å². The smallest absolute Gasteiger partial charge is 0.340 e. The second-order valence-corrected chi connectivity index (χ2v) is 9.30. The van der Waals surface area contributed by atoms with Crippen LogP contribution in [0.2, 0.25) is 0 Å². The Labute approximate surface area is 157 Å². The van der Waals surface area contributed by atoms with Gasteiger partial charge in [0.25, 0.3) is 0 Å². The third-order valence-electron chi connectivity index (χ3n) is 4.81. The van der Waals surface area contributed by atoms with Crippen LogP contribution in [0.3, 0.4) is 0 Å². The van der Waals surface area contributed by atoms with E-state index in [-0.39, 0.29) is 34.9 Å². The van der Waals surface area contributed by atoms with Crippen molar-refractivity contribution in [2.75, 3.05) is 24.7 Å². The first-order valence-electron chi connectivity index (χ1n) is 9.05. The van der Waals surface area contributed by atoms with Gasteiger partial charge in [0.15, 0.2) is 0 Å². The van der Waals surface area contributed by atoms with Gasteiger partial charge in [-0.05, 0) is 18.3 Å². The summed E-state index contributed by atoms with van der Waals surface area (Å²) in [6, 6.07) is -0.383. The average molecular weight is 382 g/mol. The fraction of sp³-hybridized carbons (Fsp3) is 0.765. The molecule has 9 heteroatoms. The van der Waals surface area contributed by atoms with Crippen LogP contribution in [0.15, 0.2) is 4.79 Å². The van der Waals surface area contributed by atoms with E-state index in [2.05, 4.69) is 15.2 Å². The molecule has 1 aromatic rings. The lowest BCUT2D eigenvalue weighted by Gasteiger charge is -2.35. The van der Waals surface area contributed by atoms with Crippen molar-refractivity contribution in [3.8, 4) is 0 Å². The minimum atomic E-state index is -0.383. The van der Waals surface area contributed by atoms with E-state index >= 15 is 0 Å². The Morgan fingerprint density at radius 2 is 2.12 bits per heavy atom. The number of nitrogens with one attached hydrogen (secondary N) is 2. The van der Waals surface area contributed by atoms with E-state index in [1.54, 1.807) is 16.7 Å². The lowest BCUT2D eigenvalue weighted by Crippen LogP contribution is -2.51. The molecule has 3 heterocycles. The first-order valence-corrected chi connectivity index (χ1v) is 10.2. The van der Waals surface area contributed by atoms with Gasteiger partial charge < -0.3 is 9.80 Å². The molecule has 2 aliphatic heterocycles. The average Bonchev–Trinajstić information content (AvgIpc) is 3.21. The first kappa shape index (κ1) is 19.0. The number of piperidine rings is 1. The highest BCUT2D eigenvalue weighted by Crippen LogP contribution is 2.29. The van der Waals surface area contributed by atoms with Gasteiger partial charge in [0.05, 0.1) is 5.88 Å². The minimum Gasteiger partial charge on any atom is -0.340 e. The van der Waals surface area contributed by atoms with E-state index in [9.17, 15) is 14.4 Å². The highest BCUT2D eigenvalue weighted by Gasteiger charge is 2.39. The number of amides is 2. The predicted molar refractivity (Wildman–Crippen MR) is 99.8 cm³/mol. The second-order valence-electron chi connectivity index (χ2n) is 8.30. The standard InChI is InChI=1S/C17H27N5O3S/c1-17(2,3)7-13(23)22-10-26-9-12(22)15(24)21-6-4-5-11(8-21)14-18-16(25)20-19-14/h11-12H,4-10H2,1-3H3,(H2,18,19,20,25). The lowest BCUT2D eigenvalue weighted by molar-refractivity contribution is -0.145. The van der Waals surface area contributed by atoms with E-state index < -0.39 is 0 Å².